The van der Waals surface area contributed by atoms with Gasteiger partial charge in [0.25, 0.3) is 5.56 Å². The van der Waals surface area contributed by atoms with Gasteiger partial charge in [-0.25, -0.2) is 0 Å². The van der Waals surface area contributed by atoms with Crippen LogP contribution in [-0.4, -0.2) is 37.1 Å². The Labute approximate surface area is 164 Å². The Morgan fingerprint density at radius 1 is 1.00 bits per heavy atom. The van der Waals surface area contributed by atoms with E-state index in [0.717, 1.165) is 41.0 Å². The highest BCUT2D eigenvalue weighted by atomic mass is 35.5. The number of benzene rings is 2. The molecule has 1 heterocycles. The second-order valence-electron chi connectivity index (χ2n) is 6.85. The van der Waals surface area contributed by atoms with Gasteiger partial charge in [0.15, 0.2) is 0 Å². The molecule has 0 bridgehead atoms. The van der Waals surface area contributed by atoms with E-state index in [1.807, 2.05) is 30.3 Å². The molecule has 3 aromatic rings. The third kappa shape index (κ3) is 5.46. The molecule has 1 aromatic heterocycles. The van der Waals surface area contributed by atoms with E-state index in [1.165, 1.54) is 0 Å². The number of anilines is 1. The number of nitrogens with zero attached hydrogens (tertiary/aromatic N) is 1. The van der Waals surface area contributed by atoms with Gasteiger partial charge >= 0.3 is 0 Å². The zero-order valence-corrected chi connectivity index (χ0v) is 16.4. The molecule has 0 saturated carbocycles. The van der Waals surface area contributed by atoms with Gasteiger partial charge in [0.2, 0.25) is 0 Å². The fourth-order valence-corrected chi connectivity index (χ4v) is 2.98. The zero-order chi connectivity index (χ0) is 19.2. The van der Waals surface area contributed by atoms with Crippen molar-refractivity contribution in [1.29, 1.82) is 0 Å². The first-order valence-corrected chi connectivity index (χ1v) is 9.34. The van der Waals surface area contributed by atoms with Gasteiger partial charge in [-0.15, -0.1) is 0 Å². The van der Waals surface area contributed by atoms with Crippen LogP contribution in [0.2, 0.25) is 5.02 Å². The minimum absolute atomic E-state index is 0.0596. The van der Waals surface area contributed by atoms with E-state index < -0.39 is 0 Å². The number of hydrogen-bond donors (Lipinski definition) is 2. The molecule has 0 amide bonds. The van der Waals surface area contributed by atoms with Crippen molar-refractivity contribution in [3.63, 3.8) is 0 Å². The van der Waals surface area contributed by atoms with Gasteiger partial charge in [-0.05, 0) is 61.1 Å². The Kier molecular flexibility index (Phi) is 6.32. The standard InChI is InChI=1S/C22H24ClN3O/c1-26(2)12-11-24-21-9-5-17(6-10-21)19-14-18(22(27)25-15-19)13-16-3-7-20(23)8-4-16/h3-10,14-15,24H,11-13H2,1-2H3,(H,25,27). The average Bonchev–Trinajstić information content (AvgIpc) is 2.66. The van der Waals surface area contributed by atoms with Crippen LogP contribution in [0, 0.1) is 0 Å². The molecular formula is C22H24ClN3O. The molecule has 0 aliphatic heterocycles. The fourth-order valence-electron chi connectivity index (χ4n) is 2.86. The van der Waals surface area contributed by atoms with Gasteiger partial charge in [0, 0.05) is 42.0 Å². The summed E-state index contributed by atoms with van der Waals surface area (Å²) in [6, 6.07) is 17.8. The highest BCUT2D eigenvalue weighted by Crippen LogP contribution is 2.22. The predicted molar refractivity (Wildman–Crippen MR) is 114 cm³/mol. The van der Waals surface area contributed by atoms with E-state index in [9.17, 15) is 4.79 Å². The summed E-state index contributed by atoms with van der Waals surface area (Å²) in [6.07, 6.45) is 2.34. The second kappa shape index (κ2) is 8.89. The molecule has 0 fully saturated rings. The number of halogens is 1. The number of likely N-dealkylation sites (N-methyl/N-ethyl adjacent to an activating group) is 1. The molecule has 0 atom stereocenters. The molecule has 0 unspecified atom stereocenters. The summed E-state index contributed by atoms with van der Waals surface area (Å²) in [5.41, 5.74) is 4.90. The summed E-state index contributed by atoms with van der Waals surface area (Å²) >= 11 is 5.94. The van der Waals surface area contributed by atoms with Crippen LogP contribution in [0.1, 0.15) is 11.1 Å². The van der Waals surface area contributed by atoms with Gasteiger partial charge in [-0.1, -0.05) is 35.9 Å². The number of H-pyrrole nitrogens is 1. The summed E-state index contributed by atoms with van der Waals surface area (Å²) in [5.74, 6) is 0. The zero-order valence-electron chi connectivity index (χ0n) is 15.6. The first-order valence-electron chi connectivity index (χ1n) is 8.96. The monoisotopic (exact) mass is 381 g/mol. The number of pyridine rings is 1. The molecular weight excluding hydrogens is 358 g/mol. The normalized spacial score (nSPS) is 11.0. The van der Waals surface area contributed by atoms with E-state index in [-0.39, 0.29) is 5.56 Å². The van der Waals surface area contributed by atoms with Crippen LogP contribution in [-0.2, 0) is 6.42 Å². The molecule has 3 rings (SSSR count). The van der Waals surface area contributed by atoms with E-state index >= 15 is 0 Å². The Hall–Kier alpha value is -2.56. The van der Waals surface area contributed by atoms with Gasteiger partial charge in [0.05, 0.1) is 0 Å². The molecule has 5 heteroatoms. The van der Waals surface area contributed by atoms with Crippen molar-refractivity contribution in [2.75, 3.05) is 32.5 Å². The summed E-state index contributed by atoms with van der Waals surface area (Å²) in [6.45, 7) is 1.88. The van der Waals surface area contributed by atoms with Crippen molar-refractivity contribution in [2.24, 2.45) is 0 Å². The molecule has 0 saturated heterocycles. The Morgan fingerprint density at radius 3 is 2.37 bits per heavy atom. The van der Waals surface area contributed by atoms with E-state index in [4.69, 9.17) is 11.6 Å². The van der Waals surface area contributed by atoms with E-state index in [1.54, 1.807) is 6.20 Å². The number of aromatic nitrogens is 1. The van der Waals surface area contributed by atoms with Crippen molar-refractivity contribution in [3.8, 4) is 11.1 Å². The smallest absolute Gasteiger partial charge is 0.251 e. The first-order chi connectivity index (χ1) is 13.0. The molecule has 0 radical (unpaired) electrons. The number of hydrogen-bond acceptors (Lipinski definition) is 3. The summed E-state index contributed by atoms with van der Waals surface area (Å²) < 4.78 is 0. The molecule has 4 nitrogen and oxygen atoms in total. The van der Waals surface area contributed by atoms with Crippen LogP contribution in [0.4, 0.5) is 5.69 Å². The lowest BCUT2D eigenvalue weighted by Gasteiger charge is -2.12. The van der Waals surface area contributed by atoms with Crippen molar-refractivity contribution < 1.29 is 0 Å². The van der Waals surface area contributed by atoms with Gasteiger partial charge < -0.3 is 15.2 Å². The largest absolute Gasteiger partial charge is 0.384 e. The highest BCUT2D eigenvalue weighted by molar-refractivity contribution is 6.30. The minimum Gasteiger partial charge on any atom is -0.384 e. The summed E-state index contributed by atoms with van der Waals surface area (Å²) in [7, 11) is 4.12. The predicted octanol–water partition coefficient (Wildman–Crippen LogP) is 4.26. The Balaban J connectivity index is 1.75. The molecule has 0 spiro atoms. The topological polar surface area (TPSA) is 48.1 Å². The van der Waals surface area contributed by atoms with E-state index in [2.05, 4.69) is 53.6 Å². The Bertz CT molecular complexity index is 931. The Morgan fingerprint density at radius 2 is 1.70 bits per heavy atom. The third-order valence-corrected chi connectivity index (χ3v) is 4.65. The number of nitrogens with one attached hydrogen (secondary N) is 2. The van der Waals surface area contributed by atoms with Crippen LogP contribution in [0.3, 0.4) is 0 Å². The lowest BCUT2D eigenvalue weighted by Crippen LogP contribution is -2.20. The van der Waals surface area contributed by atoms with Crippen LogP contribution < -0.4 is 10.9 Å². The van der Waals surface area contributed by atoms with Crippen LogP contribution >= 0.6 is 11.6 Å². The fraction of sp³-hybridized carbons (Fsp3) is 0.227. The molecule has 2 aromatic carbocycles. The average molecular weight is 382 g/mol. The maximum Gasteiger partial charge on any atom is 0.251 e. The molecule has 2 N–H and O–H groups in total. The maximum atomic E-state index is 12.2. The van der Waals surface area contributed by atoms with Crippen molar-refractivity contribution in [2.45, 2.75) is 6.42 Å². The van der Waals surface area contributed by atoms with Crippen molar-refractivity contribution in [1.82, 2.24) is 9.88 Å². The molecule has 0 aliphatic carbocycles. The SMILES string of the molecule is CN(C)CCNc1ccc(-c2c[nH]c(=O)c(Cc3ccc(Cl)cc3)c2)cc1. The van der Waals surface area contributed by atoms with Crippen molar-refractivity contribution in [3.05, 3.63) is 87.3 Å². The first kappa shape index (κ1) is 19.2. The molecule has 27 heavy (non-hydrogen) atoms. The van der Waals surface area contributed by atoms with Gasteiger partial charge in [-0.3, -0.25) is 4.79 Å². The van der Waals surface area contributed by atoms with Gasteiger partial charge in [0.1, 0.15) is 0 Å². The van der Waals surface area contributed by atoms with Crippen LogP contribution in [0.25, 0.3) is 11.1 Å². The quantitative estimate of drug-likeness (QED) is 0.642. The maximum absolute atomic E-state index is 12.2. The van der Waals surface area contributed by atoms with Crippen LogP contribution in [0.15, 0.2) is 65.6 Å². The number of aromatic amines is 1. The minimum atomic E-state index is -0.0596. The second-order valence-corrected chi connectivity index (χ2v) is 7.29. The summed E-state index contributed by atoms with van der Waals surface area (Å²) in [4.78, 5) is 17.2. The summed E-state index contributed by atoms with van der Waals surface area (Å²) in [5, 5.41) is 4.10. The lowest BCUT2D eigenvalue weighted by atomic mass is 10.0. The van der Waals surface area contributed by atoms with E-state index in [0.29, 0.717) is 11.4 Å². The lowest BCUT2D eigenvalue weighted by molar-refractivity contribution is 0.425. The third-order valence-electron chi connectivity index (χ3n) is 4.39. The van der Waals surface area contributed by atoms with Crippen molar-refractivity contribution >= 4 is 17.3 Å². The molecule has 0 aliphatic rings. The van der Waals surface area contributed by atoms with Crippen LogP contribution in [0.5, 0.6) is 0 Å². The highest BCUT2D eigenvalue weighted by Gasteiger charge is 2.06. The van der Waals surface area contributed by atoms with Gasteiger partial charge in [-0.2, -0.15) is 0 Å². The molecule has 140 valence electrons. The number of rotatable bonds is 7.